The van der Waals surface area contributed by atoms with E-state index in [-0.39, 0.29) is 29.6 Å². The second kappa shape index (κ2) is 7.05. The molecule has 4 nitrogen and oxygen atoms in total. The highest BCUT2D eigenvalue weighted by Crippen LogP contribution is 2.30. The molecule has 0 spiro atoms. The minimum atomic E-state index is -0.297. The van der Waals surface area contributed by atoms with Crippen molar-refractivity contribution in [2.45, 2.75) is 25.8 Å². The van der Waals surface area contributed by atoms with Crippen LogP contribution in [0.15, 0.2) is 48.5 Å². The van der Waals surface area contributed by atoms with Gasteiger partial charge in [-0.05, 0) is 61.7 Å². The molecule has 2 amide bonds. The summed E-state index contributed by atoms with van der Waals surface area (Å²) in [5.41, 5.74) is 2.11. The molecule has 1 aliphatic carbocycles. The lowest BCUT2D eigenvalue weighted by atomic mass is 10.1. The summed E-state index contributed by atoms with van der Waals surface area (Å²) < 4.78 is 13.0. The van der Waals surface area contributed by atoms with Crippen LogP contribution in [-0.4, -0.2) is 23.8 Å². The van der Waals surface area contributed by atoms with Gasteiger partial charge in [-0.1, -0.05) is 12.1 Å². The average molecular weight is 340 g/mol. The van der Waals surface area contributed by atoms with Crippen molar-refractivity contribution < 1.29 is 14.0 Å². The fourth-order valence-corrected chi connectivity index (χ4v) is 2.63. The highest BCUT2D eigenvalue weighted by atomic mass is 19.1. The third-order valence-electron chi connectivity index (χ3n) is 4.60. The predicted octanol–water partition coefficient (Wildman–Crippen LogP) is 4.01. The summed E-state index contributed by atoms with van der Waals surface area (Å²) in [5, 5.41) is 2.85. The van der Waals surface area contributed by atoms with Crippen LogP contribution in [0.2, 0.25) is 0 Å². The van der Waals surface area contributed by atoms with Crippen LogP contribution in [0, 0.1) is 11.7 Å². The van der Waals surface area contributed by atoms with Gasteiger partial charge in [0.1, 0.15) is 5.82 Å². The SMILES string of the molecule is CC(c1ccc(F)cc1)N(C)C(=O)c1ccc(NC(=O)C2CC2)cc1. The first-order chi connectivity index (χ1) is 12.0. The Balaban J connectivity index is 1.66. The van der Waals surface area contributed by atoms with Crippen molar-refractivity contribution in [1.29, 1.82) is 0 Å². The van der Waals surface area contributed by atoms with Crippen LogP contribution in [0.3, 0.4) is 0 Å². The van der Waals surface area contributed by atoms with Gasteiger partial charge in [0, 0.05) is 24.2 Å². The van der Waals surface area contributed by atoms with Crippen LogP contribution >= 0.6 is 0 Å². The number of halogens is 1. The third-order valence-corrected chi connectivity index (χ3v) is 4.60. The van der Waals surface area contributed by atoms with Crippen molar-refractivity contribution in [3.8, 4) is 0 Å². The van der Waals surface area contributed by atoms with E-state index in [1.165, 1.54) is 12.1 Å². The molecule has 1 N–H and O–H groups in total. The molecule has 1 aliphatic rings. The number of hydrogen-bond donors (Lipinski definition) is 1. The molecular formula is C20H21FN2O2. The molecule has 0 bridgehead atoms. The average Bonchev–Trinajstić information content (AvgIpc) is 3.46. The lowest BCUT2D eigenvalue weighted by Crippen LogP contribution is -2.29. The quantitative estimate of drug-likeness (QED) is 0.894. The Kier molecular flexibility index (Phi) is 4.83. The van der Waals surface area contributed by atoms with Crippen molar-refractivity contribution >= 4 is 17.5 Å². The lowest BCUT2D eigenvalue weighted by molar-refractivity contribution is -0.117. The fourth-order valence-electron chi connectivity index (χ4n) is 2.63. The molecule has 0 radical (unpaired) electrons. The van der Waals surface area contributed by atoms with Gasteiger partial charge in [-0.3, -0.25) is 9.59 Å². The van der Waals surface area contributed by atoms with Gasteiger partial charge < -0.3 is 10.2 Å². The predicted molar refractivity (Wildman–Crippen MR) is 94.7 cm³/mol. The fraction of sp³-hybridized carbons (Fsp3) is 0.300. The highest BCUT2D eigenvalue weighted by molar-refractivity contribution is 5.96. The van der Waals surface area contributed by atoms with Gasteiger partial charge in [0.25, 0.3) is 5.91 Å². The molecule has 0 aliphatic heterocycles. The van der Waals surface area contributed by atoms with Crippen molar-refractivity contribution in [1.82, 2.24) is 4.90 Å². The molecule has 2 aromatic carbocycles. The molecule has 0 aromatic heterocycles. The number of rotatable bonds is 5. The van der Waals surface area contributed by atoms with Gasteiger partial charge in [0.05, 0.1) is 6.04 Å². The van der Waals surface area contributed by atoms with E-state index in [4.69, 9.17) is 0 Å². The van der Waals surface area contributed by atoms with E-state index in [0.717, 1.165) is 18.4 Å². The number of amides is 2. The minimum absolute atomic E-state index is 0.0427. The summed E-state index contributed by atoms with van der Waals surface area (Å²) in [4.78, 5) is 26.0. The monoisotopic (exact) mass is 340 g/mol. The molecule has 130 valence electrons. The molecule has 1 unspecified atom stereocenters. The summed E-state index contributed by atoms with van der Waals surface area (Å²) in [6.45, 7) is 1.90. The normalized spacial score (nSPS) is 14.7. The molecule has 3 rings (SSSR count). The van der Waals surface area contributed by atoms with Gasteiger partial charge in [-0.25, -0.2) is 4.39 Å². The maximum absolute atomic E-state index is 13.0. The number of nitrogens with one attached hydrogen (secondary N) is 1. The van der Waals surface area contributed by atoms with Crippen LogP contribution in [0.1, 0.15) is 41.7 Å². The molecule has 1 atom stereocenters. The van der Waals surface area contributed by atoms with Gasteiger partial charge >= 0.3 is 0 Å². The molecule has 0 heterocycles. The van der Waals surface area contributed by atoms with Gasteiger partial charge in [-0.2, -0.15) is 0 Å². The maximum atomic E-state index is 13.0. The Bertz CT molecular complexity index is 767. The zero-order chi connectivity index (χ0) is 18.0. The van der Waals surface area contributed by atoms with Crippen molar-refractivity contribution in [3.05, 3.63) is 65.5 Å². The van der Waals surface area contributed by atoms with Crippen LogP contribution < -0.4 is 5.32 Å². The number of hydrogen-bond acceptors (Lipinski definition) is 2. The largest absolute Gasteiger partial charge is 0.335 e. The topological polar surface area (TPSA) is 49.4 Å². The van der Waals surface area contributed by atoms with Gasteiger partial charge in [0.2, 0.25) is 5.91 Å². The Morgan fingerprint density at radius 2 is 1.68 bits per heavy atom. The lowest BCUT2D eigenvalue weighted by Gasteiger charge is -2.25. The van der Waals surface area contributed by atoms with Gasteiger partial charge in [-0.15, -0.1) is 0 Å². The molecule has 5 heteroatoms. The second-order valence-electron chi connectivity index (χ2n) is 6.48. The number of benzene rings is 2. The van der Waals surface area contributed by atoms with E-state index in [1.54, 1.807) is 48.3 Å². The number of anilines is 1. The zero-order valence-electron chi connectivity index (χ0n) is 14.3. The summed E-state index contributed by atoms with van der Waals surface area (Å²) in [6, 6.07) is 12.9. The summed E-state index contributed by atoms with van der Waals surface area (Å²) in [7, 11) is 1.72. The van der Waals surface area contributed by atoms with E-state index < -0.39 is 0 Å². The second-order valence-corrected chi connectivity index (χ2v) is 6.48. The third kappa shape index (κ3) is 4.05. The van der Waals surface area contributed by atoms with Crippen molar-refractivity contribution in [3.63, 3.8) is 0 Å². The van der Waals surface area contributed by atoms with E-state index in [9.17, 15) is 14.0 Å². The first-order valence-corrected chi connectivity index (χ1v) is 8.39. The Hall–Kier alpha value is -2.69. The Morgan fingerprint density at radius 3 is 2.24 bits per heavy atom. The molecule has 2 aromatic rings. The smallest absolute Gasteiger partial charge is 0.254 e. The van der Waals surface area contributed by atoms with Crippen LogP contribution in [-0.2, 0) is 4.79 Å². The number of nitrogens with zero attached hydrogens (tertiary/aromatic N) is 1. The number of carbonyl (C=O) groups excluding carboxylic acids is 2. The minimum Gasteiger partial charge on any atom is -0.335 e. The Labute approximate surface area is 146 Å². The summed E-state index contributed by atoms with van der Waals surface area (Å²) >= 11 is 0. The first kappa shape index (κ1) is 17.1. The van der Waals surface area contributed by atoms with E-state index >= 15 is 0 Å². The van der Waals surface area contributed by atoms with Crippen LogP contribution in [0.4, 0.5) is 10.1 Å². The zero-order valence-corrected chi connectivity index (χ0v) is 14.3. The molecule has 1 saturated carbocycles. The summed E-state index contributed by atoms with van der Waals surface area (Å²) in [5.74, 6) is -0.240. The van der Waals surface area contributed by atoms with E-state index in [0.29, 0.717) is 11.3 Å². The summed E-state index contributed by atoms with van der Waals surface area (Å²) in [6.07, 6.45) is 1.91. The molecule has 0 saturated heterocycles. The van der Waals surface area contributed by atoms with Crippen molar-refractivity contribution in [2.75, 3.05) is 12.4 Å². The molecule has 1 fully saturated rings. The highest BCUT2D eigenvalue weighted by Gasteiger charge is 2.29. The van der Waals surface area contributed by atoms with E-state index in [1.807, 2.05) is 6.92 Å². The van der Waals surface area contributed by atoms with Gasteiger partial charge in [0.15, 0.2) is 0 Å². The molecular weight excluding hydrogens is 319 g/mol. The standard InChI is InChI=1S/C20H21FN2O2/c1-13(14-5-9-17(21)10-6-14)23(2)20(25)16-7-11-18(12-8-16)22-19(24)15-3-4-15/h5-13,15H,3-4H2,1-2H3,(H,22,24). The Morgan fingerprint density at radius 1 is 1.08 bits per heavy atom. The van der Waals surface area contributed by atoms with Crippen LogP contribution in [0.5, 0.6) is 0 Å². The van der Waals surface area contributed by atoms with Crippen molar-refractivity contribution in [2.24, 2.45) is 5.92 Å². The molecule has 25 heavy (non-hydrogen) atoms. The van der Waals surface area contributed by atoms with E-state index in [2.05, 4.69) is 5.32 Å². The maximum Gasteiger partial charge on any atom is 0.254 e. The number of carbonyl (C=O) groups is 2. The first-order valence-electron chi connectivity index (χ1n) is 8.39. The van der Waals surface area contributed by atoms with Crippen LogP contribution in [0.25, 0.3) is 0 Å².